The molecule has 1 radical (unpaired) electrons. The number of hydrogen-bond acceptors (Lipinski definition) is 4. The van der Waals surface area contributed by atoms with Crippen LogP contribution in [0.3, 0.4) is 0 Å². The number of benzene rings is 2. The Balaban J connectivity index is 0.000000398. The molecule has 0 saturated carbocycles. The molecule has 4 aromatic rings. The van der Waals surface area contributed by atoms with Crippen molar-refractivity contribution in [2.24, 2.45) is 0 Å². The number of aliphatic hydroxyl groups excluding tert-OH is 1. The molecule has 4 rings (SSSR count). The molecule has 6 heteroatoms. The van der Waals surface area contributed by atoms with Crippen molar-refractivity contribution in [3.63, 3.8) is 0 Å². The zero-order valence-corrected chi connectivity index (χ0v) is 21.4. The van der Waals surface area contributed by atoms with Crippen molar-refractivity contribution in [3.05, 3.63) is 89.6 Å². The molecule has 1 N–H and O–H groups in total. The number of nitrogens with zero attached hydrogens (tertiary/aromatic N) is 1. The standard InChI is InChI=1S/C21H15FNS.C5H8O2.Ir/c1-13-7-14(2)9-16(8-13)19-10-17-11-20(24-21(17)12-23-19)15-3-5-18(22)6-4-15;1-4(6)3-5(2)7;/h3-8,10-12H,1-2H3;3,6H,1-2H3;/q-1;;/b;4-3-;. The Hall–Kier alpha value is -2.66. The van der Waals surface area contributed by atoms with Gasteiger partial charge in [-0.15, -0.1) is 46.2 Å². The van der Waals surface area contributed by atoms with E-state index in [1.54, 1.807) is 11.3 Å². The van der Waals surface area contributed by atoms with Gasteiger partial charge in [0.1, 0.15) is 5.82 Å². The molecule has 2 aromatic heterocycles. The fraction of sp³-hybridized carbons (Fsp3) is 0.154. The molecule has 2 aromatic carbocycles. The largest absolute Gasteiger partial charge is 0.512 e. The monoisotopic (exact) mass is 625 g/mol. The smallest absolute Gasteiger partial charge is 0.155 e. The van der Waals surface area contributed by atoms with E-state index in [0.717, 1.165) is 37.3 Å². The van der Waals surface area contributed by atoms with Crippen LogP contribution >= 0.6 is 11.3 Å². The first kappa shape index (κ1) is 25.6. The fourth-order valence-corrected chi connectivity index (χ4v) is 4.19. The van der Waals surface area contributed by atoms with Crippen molar-refractivity contribution in [2.75, 3.05) is 0 Å². The second kappa shape index (κ2) is 11.3. The molecule has 2 heterocycles. The number of aryl methyl sites for hydroxylation is 2. The Morgan fingerprint density at radius 1 is 1.09 bits per heavy atom. The van der Waals surface area contributed by atoms with E-state index in [2.05, 4.69) is 42.2 Å². The number of rotatable bonds is 3. The van der Waals surface area contributed by atoms with E-state index < -0.39 is 0 Å². The van der Waals surface area contributed by atoms with Crippen LogP contribution in [0.5, 0.6) is 0 Å². The van der Waals surface area contributed by atoms with Crippen LogP contribution in [0.15, 0.2) is 66.6 Å². The topological polar surface area (TPSA) is 50.2 Å². The molecule has 0 unspecified atom stereocenters. The van der Waals surface area contributed by atoms with Crippen LogP contribution in [-0.2, 0) is 24.9 Å². The number of fused-ring (bicyclic) bond motifs is 1. The summed E-state index contributed by atoms with van der Waals surface area (Å²) in [5.74, 6) is -0.276. The number of halogens is 1. The molecule has 0 bridgehead atoms. The van der Waals surface area contributed by atoms with E-state index in [4.69, 9.17) is 5.11 Å². The number of pyridine rings is 1. The number of allylic oxidation sites excluding steroid dienone is 2. The van der Waals surface area contributed by atoms with Gasteiger partial charge in [-0.3, -0.25) is 4.79 Å². The minimum absolute atomic E-state index is 0. The van der Waals surface area contributed by atoms with Crippen LogP contribution in [-0.4, -0.2) is 15.9 Å². The molecule has 0 aliphatic heterocycles. The number of aliphatic hydroxyl groups is 1. The van der Waals surface area contributed by atoms with Crippen molar-refractivity contribution in [2.45, 2.75) is 27.7 Å². The summed E-state index contributed by atoms with van der Waals surface area (Å²) in [6, 6.07) is 18.4. The van der Waals surface area contributed by atoms with Gasteiger partial charge in [-0.25, -0.2) is 4.39 Å². The summed E-state index contributed by atoms with van der Waals surface area (Å²) in [7, 11) is 0. The van der Waals surface area contributed by atoms with E-state index in [0.29, 0.717) is 0 Å². The van der Waals surface area contributed by atoms with E-state index >= 15 is 0 Å². The van der Waals surface area contributed by atoms with Gasteiger partial charge in [0.15, 0.2) is 5.78 Å². The van der Waals surface area contributed by atoms with Crippen LogP contribution in [0.25, 0.3) is 31.8 Å². The van der Waals surface area contributed by atoms with Gasteiger partial charge < -0.3 is 10.1 Å². The SMILES string of the molecule is CC(=O)/C=C(/C)O.Cc1[c-]c(-c2cc3cc(-c4ccc(F)cc4)sc3cn2)cc(C)c1.[Ir]. The maximum Gasteiger partial charge on any atom is 0.155 e. The summed E-state index contributed by atoms with van der Waals surface area (Å²) < 4.78 is 14.2. The molecule has 3 nitrogen and oxygen atoms in total. The van der Waals surface area contributed by atoms with Crippen LogP contribution in [0.4, 0.5) is 4.39 Å². The van der Waals surface area contributed by atoms with Crippen molar-refractivity contribution >= 4 is 27.2 Å². The zero-order valence-electron chi connectivity index (χ0n) is 18.2. The number of carbonyl (C=O) groups excluding carboxylic acids is 1. The van der Waals surface area contributed by atoms with Gasteiger partial charge in [0.05, 0.1) is 10.5 Å². The molecule has 0 aliphatic carbocycles. The second-order valence-electron chi connectivity index (χ2n) is 7.38. The predicted molar refractivity (Wildman–Crippen MR) is 126 cm³/mol. The van der Waals surface area contributed by atoms with E-state index in [-0.39, 0.29) is 37.5 Å². The third-order valence-corrected chi connectivity index (χ3v) is 5.50. The van der Waals surface area contributed by atoms with Crippen LogP contribution in [0, 0.1) is 25.7 Å². The Bertz CT molecular complexity index is 1240. The fourth-order valence-electron chi connectivity index (χ4n) is 3.18. The molecule has 0 aliphatic rings. The second-order valence-corrected chi connectivity index (χ2v) is 8.46. The molecule has 167 valence electrons. The summed E-state index contributed by atoms with van der Waals surface area (Å²) in [5.41, 5.74) is 5.29. The van der Waals surface area contributed by atoms with Gasteiger partial charge in [0.2, 0.25) is 0 Å². The van der Waals surface area contributed by atoms with Gasteiger partial charge in [0, 0.05) is 37.3 Å². The minimum Gasteiger partial charge on any atom is -0.512 e. The Morgan fingerprint density at radius 3 is 2.34 bits per heavy atom. The molecule has 0 spiro atoms. The van der Waals surface area contributed by atoms with Crippen molar-refractivity contribution in [3.8, 4) is 21.7 Å². The summed E-state index contributed by atoms with van der Waals surface area (Å²) in [6.45, 7) is 6.98. The molecule has 0 atom stereocenters. The molecule has 0 amide bonds. The average molecular weight is 625 g/mol. The number of aromatic nitrogens is 1. The summed E-state index contributed by atoms with van der Waals surface area (Å²) >= 11 is 1.67. The Labute approximate surface area is 205 Å². The maximum atomic E-state index is 13.1. The van der Waals surface area contributed by atoms with Gasteiger partial charge in [-0.05, 0) is 48.7 Å². The summed E-state index contributed by atoms with van der Waals surface area (Å²) in [5, 5.41) is 9.51. The minimum atomic E-state index is -0.214. The first-order chi connectivity index (χ1) is 14.7. The molecule has 0 fully saturated rings. The van der Waals surface area contributed by atoms with E-state index in [1.165, 1.54) is 37.6 Å². The number of carbonyl (C=O) groups is 1. The van der Waals surface area contributed by atoms with E-state index in [9.17, 15) is 9.18 Å². The predicted octanol–water partition coefficient (Wildman–Crippen LogP) is 7.22. The molecular weight excluding hydrogens is 602 g/mol. The summed E-state index contributed by atoms with van der Waals surface area (Å²) in [6.07, 6.45) is 3.08. The van der Waals surface area contributed by atoms with Crippen LogP contribution in [0.2, 0.25) is 0 Å². The van der Waals surface area contributed by atoms with E-state index in [1.807, 2.05) is 25.3 Å². The van der Waals surface area contributed by atoms with Crippen molar-refractivity contribution in [1.82, 2.24) is 4.98 Å². The number of thiophene rings is 1. The average Bonchev–Trinajstić information content (AvgIpc) is 3.10. The Morgan fingerprint density at radius 2 is 1.78 bits per heavy atom. The third-order valence-electron chi connectivity index (χ3n) is 4.37. The van der Waals surface area contributed by atoms with Crippen molar-refractivity contribution in [1.29, 1.82) is 0 Å². The number of hydrogen-bond donors (Lipinski definition) is 1. The molecular formula is C26H23FIrNO2S-. The summed E-state index contributed by atoms with van der Waals surface area (Å²) in [4.78, 5) is 15.7. The quantitative estimate of drug-likeness (QED) is 0.149. The van der Waals surface area contributed by atoms with Crippen molar-refractivity contribution < 1.29 is 34.4 Å². The molecule has 0 saturated heterocycles. The Kier molecular flexibility index (Phi) is 9.02. The third kappa shape index (κ3) is 6.92. The first-order valence-corrected chi connectivity index (χ1v) is 10.6. The van der Waals surface area contributed by atoms with Gasteiger partial charge in [-0.2, -0.15) is 0 Å². The van der Waals surface area contributed by atoms with Gasteiger partial charge in [0.25, 0.3) is 0 Å². The normalized spacial score (nSPS) is 10.8. The zero-order chi connectivity index (χ0) is 22.5. The van der Waals surface area contributed by atoms with Crippen LogP contribution in [0.1, 0.15) is 25.0 Å². The van der Waals surface area contributed by atoms with Crippen LogP contribution < -0.4 is 0 Å². The van der Waals surface area contributed by atoms with Gasteiger partial charge in [-0.1, -0.05) is 32.0 Å². The molecule has 32 heavy (non-hydrogen) atoms. The maximum absolute atomic E-state index is 13.1. The first-order valence-electron chi connectivity index (χ1n) is 9.75. The number of ketones is 1. The van der Waals surface area contributed by atoms with Gasteiger partial charge >= 0.3 is 0 Å².